The summed E-state index contributed by atoms with van der Waals surface area (Å²) in [5, 5.41) is 3.37. The number of hydrogen-bond donors (Lipinski definition) is 1. The molecule has 2 aliphatic heterocycles. The highest BCUT2D eigenvalue weighted by Gasteiger charge is 2.38. The number of ether oxygens (including phenoxy) is 3. The number of rotatable bonds is 5. The van der Waals surface area contributed by atoms with Crippen molar-refractivity contribution in [2.24, 2.45) is 0 Å². The molecule has 1 N–H and O–H groups in total. The zero-order valence-electron chi connectivity index (χ0n) is 12.1. The highest BCUT2D eigenvalue weighted by Crippen LogP contribution is 2.29. The molecule has 1 aromatic carbocycles. The van der Waals surface area contributed by atoms with E-state index in [0.29, 0.717) is 6.61 Å². The van der Waals surface area contributed by atoms with Gasteiger partial charge in [-0.25, -0.2) is 0 Å². The van der Waals surface area contributed by atoms with Gasteiger partial charge in [-0.1, -0.05) is 24.3 Å². The molecular formula is C16H23NO3. The fraction of sp³-hybridized carbons (Fsp3) is 0.625. The fourth-order valence-electron chi connectivity index (χ4n) is 2.75. The molecule has 110 valence electrons. The van der Waals surface area contributed by atoms with Crippen molar-refractivity contribution in [3.05, 3.63) is 35.4 Å². The molecule has 0 spiro atoms. The molecule has 2 heterocycles. The first-order valence-electron chi connectivity index (χ1n) is 7.42. The molecule has 4 heteroatoms. The van der Waals surface area contributed by atoms with E-state index in [1.54, 1.807) is 0 Å². The fourth-order valence-corrected chi connectivity index (χ4v) is 2.75. The van der Waals surface area contributed by atoms with Crippen molar-refractivity contribution in [3.63, 3.8) is 0 Å². The van der Waals surface area contributed by atoms with Gasteiger partial charge in [0, 0.05) is 6.61 Å². The van der Waals surface area contributed by atoms with E-state index in [-0.39, 0.29) is 11.8 Å². The first kappa shape index (κ1) is 14.0. The molecule has 0 bridgehead atoms. The maximum absolute atomic E-state index is 5.85. The molecule has 0 aromatic heterocycles. The molecule has 20 heavy (non-hydrogen) atoms. The summed E-state index contributed by atoms with van der Waals surface area (Å²) in [6, 6.07) is 8.56. The summed E-state index contributed by atoms with van der Waals surface area (Å²) in [4.78, 5) is 0. The van der Waals surface area contributed by atoms with E-state index in [0.717, 1.165) is 32.7 Å². The Labute approximate surface area is 120 Å². The number of nitrogens with one attached hydrogen (secondary N) is 1. The molecule has 1 unspecified atom stereocenters. The van der Waals surface area contributed by atoms with Crippen molar-refractivity contribution < 1.29 is 14.2 Å². The minimum atomic E-state index is -0.0299. The summed E-state index contributed by atoms with van der Waals surface area (Å²) in [5.74, 6) is 0. The Bertz CT molecular complexity index is 434. The summed E-state index contributed by atoms with van der Waals surface area (Å²) >= 11 is 0. The lowest BCUT2D eigenvalue weighted by atomic mass is 9.87. The number of hydrogen-bond acceptors (Lipinski definition) is 4. The van der Waals surface area contributed by atoms with E-state index < -0.39 is 0 Å². The molecule has 1 aromatic rings. The van der Waals surface area contributed by atoms with Crippen LogP contribution in [0.3, 0.4) is 0 Å². The minimum absolute atomic E-state index is 0.0165. The Morgan fingerprint density at radius 1 is 1.35 bits per heavy atom. The quantitative estimate of drug-likeness (QED) is 0.895. The van der Waals surface area contributed by atoms with Crippen LogP contribution in [0.4, 0.5) is 0 Å². The van der Waals surface area contributed by atoms with Gasteiger partial charge in [-0.05, 0) is 37.4 Å². The first-order chi connectivity index (χ1) is 9.82. The predicted octanol–water partition coefficient (Wildman–Crippen LogP) is 2.17. The largest absolute Gasteiger partial charge is 0.377 e. The summed E-state index contributed by atoms with van der Waals surface area (Å²) in [6.07, 6.45) is 3.33. The zero-order valence-corrected chi connectivity index (χ0v) is 12.1. The summed E-state index contributed by atoms with van der Waals surface area (Å²) < 4.78 is 16.8. The zero-order chi connectivity index (χ0) is 13.8. The third kappa shape index (κ3) is 2.88. The van der Waals surface area contributed by atoms with Crippen LogP contribution in [0.15, 0.2) is 24.3 Å². The molecule has 0 saturated carbocycles. The maximum atomic E-state index is 5.85. The predicted molar refractivity (Wildman–Crippen MR) is 76.4 cm³/mol. The van der Waals surface area contributed by atoms with Crippen LogP contribution in [0.2, 0.25) is 0 Å². The lowest BCUT2D eigenvalue weighted by molar-refractivity contribution is -0.168. The standard InChI is InChI=1S/C16H23NO3/c1-17-16(11-18-12-16)14-6-4-5-13(9-14)10-20-15-7-2-3-8-19-15/h4-6,9,15,17H,2-3,7-8,10-12H2,1H3. The van der Waals surface area contributed by atoms with Crippen molar-refractivity contribution in [2.75, 3.05) is 26.9 Å². The van der Waals surface area contributed by atoms with Gasteiger partial charge in [-0.2, -0.15) is 0 Å². The van der Waals surface area contributed by atoms with E-state index in [9.17, 15) is 0 Å². The number of likely N-dealkylation sites (N-methyl/N-ethyl adjacent to an activating group) is 1. The lowest BCUT2D eigenvalue weighted by Gasteiger charge is -2.41. The Hall–Kier alpha value is -0.940. The van der Waals surface area contributed by atoms with E-state index in [1.807, 2.05) is 7.05 Å². The molecule has 0 aliphatic carbocycles. The Balaban J connectivity index is 1.62. The van der Waals surface area contributed by atoms with Crippen molar-refractivity contribution in [2.45, 2.75) is 37.7 Å². The van der Waals surface area contributed by atoms with E-state index in [1.165, 1.54) is 17.5 Å². The second-order valence-corrected chi connectivity index (χ2v) is 5.63. The second kappa shape index (κ2) is 6.22. The molecular weight excluding hydrogens is 254 g/mol. The molecule has 0 radical (unpaired) electrons. The van der Waals surface area contributed by atoms with Gasteiger partial charge in [0.25, 0.3) is 0 Å². The van der Waals surface area contributed by atoms with Crippen molar-refractivity contribution in [1.82, 2.24) is 5.32 Å². The SMILES string of the molecule is CNC1(c2cccc(COC3CCCCO3)c2)COC1. The van der Waals surface area contributed by atoms with E-state index >= 15 is 0 Å². The van der Waals surface area contributed by atoms with Crippen LogP contribution in [-0.2, 0) is 26.4 Å². The van der Waals surface area contributed by atoms with Crippen molar-refractivity contribution in [1.29, 1.82) is 0 Å². The van der Waals surface area contributed by atoms with Crippen LogP contribution in [0.1, 0.15) is 30.4 Å². The van der Waals surface area contributed by atoms with E-state index in [2.05, 4.69) is 29.6 Å². The van der Waals surface area contributed by atoms with Gasteiger partial charge in [-0.3, -0.25) is 0 Å². The average Bonchev–Trinajstić information content (AvgIpc) is 2.46. The highest BCUT2D eigenvalue weighted by atomic mass is 16.7. The van der Waals surface area contributed by atoms with Crippen LogP contribution < -0.4 is 5.32 Å². The first-order valence-corrected chi connectivity index (χ1v) is 7.42. The normalized spacial score (nSPS) is 25.1. The lowest BCUT2D eigenvalue weighted by Crippen LogP contribution is -2.56. The molecule has 3 rings (SSSR count). The summed E-state index contributed by atoms with van der Waals surface area (Å²) in [6.45, 7) is 2.91. The van der Waals surface area contributed by atoms with Gasteiger partial charge >= 0.3 is 0 Å². The smallest absolute Gasteiger partial charge is 0.158 e. The van der Waals surface area contributed by atoms with Crippen molar-refractivity contribution in [3.8, 4) is 0 Å². The van der Waals surface area contributed by atoms with Gasteiger partial charge in [0.2, 0.25) is 0 Å². The third-order valence-electron chi connectivity index (χ3n) is 4.23. The molecule has 2 aliphatic rings. The summed E-state index contributed by atoms with van der Waals surface area (Å²) in [7, 11) is 1.99. The topological polar surface area (TPSA) is 39.7 Å². The van der Waals surface area contributed by atoms with Crippen LogP contribution in [0.25, 0.3) is 0 Å². The Morgan fingerprint density at radius 2 is 2.25 bits per heavy atom. The molecule has 4 nitrogen and oxygen atoms in total. The van der Waals surface area contributed by atoms with E-state index in [4.69, 9.17) is 14.2 Å². The van der Waals surface area contributed by atoms with Crippen LogP contribution >= 0.6 is 0 Å². The molecule has 1 atom stereocenters. The monoisotopic (exact) mass is 277 g/mol. The van der Waals surface area contributed by atoms with Gasteiger partial charge in [-0.15, -0.1) is 0 Å². The highest BCUT2D eigenvalue weighted by molar-refractivity contribution is 5.31. The third-order valence-corrected chi connectivity index (χ3v) is 4.23. The molecule has 0 amide bonds. The van der Waals surface area contributed by atoms with Crippen LogP contribution in [0, 0.1) is 0 Å². The average molecular weight is 277 g/mol. The second-order valence-electron chi connectivity index (χ2n) is 5.63. The molecule has 2 fully saturated rings. The maximum Gasteiger partial charge on any atom is 0.158 e. The van der Waals surface area contributed by atoms with Gasteiger partial charge in [0.05, 0.1) is 25.4 Å². The van der Waals surface area contributed by atoms with Crippen LogP contribution in [0.5, 0.6) is 0 Å². The van der Waals surface area contributed by atoms with Crippen LogP contribution in [-0.4, -0.2) is 33.2 Å². The van der Waals surface area contributed by atoms with Gasteiger partial charge < -0.3 is 19.5 Å². The van der Waals surface area contributed by atoms with Gasteiger partial charge in [0.1, 0.15) is 0 Å². The molecule has 2 saturated heterocycles. The Morgan fingerprint density at radius 3 is 2.90 bits per heavy atom. The minimum Gasteiger partial charge on any atom is -0.377 e. The van der Waals surface area contributed by atoms with Crippen molar-refractivity contribution >= 4 is 0 Å². The van der Waals surface area contributed by atoms with Gasteiger partial charge in [0.15, 0.2) is 6.29 Å². The summed E-state index contributed by atoms with van der Waals surface area (Å²) in [5.41, 5.74) is 2.45. The number of benzene rings is 1. The Kier molecular flexibility index (Phi) is 4.36.